The maximum absolute atomic E-state index is 12.5. The average molecular weight is 312 g/mol. The highest BCUT2D eigenvalue weighted by Crippen LogP contribution is 2.27. The summed E-state index contributed by atoms with van der Waals surface area (Å²) in [5.41, 5.74) is 5.22. The van der Waals surface area contributed by atoms with E-state index in [1.165, 1.54) is 6.07 Å². The van der Waals surface area contributed by atoms with E-state index in [1.54, 1.807) is 13.8 Å². The van der Waals surface area contributed by atoms with Crippen molar-refractivity contribution in [3.63, 3.8) is 0 Å². The number of non-ortho nitro benzene ring substituents is 1. The van der Waals surface area contributed by atoms with Gasteiger partial charge in [-0.3, -0.25) is 10.1 Å². The van der Waals surface area contributed by atoms with Crippen LogP contribution in [0.3, 0.4) is 0 Å². The molecule has 0 radical (unpaired) electrons. The molecule has 1 unspecified atom stereocenters. The van der Waals surface area contributed by atoms with E-state index in [-0.39, 0.29) is 29.4 Å². The van der Waals surface area contributed by atoms with E-state index in [2.05, 4.69) is 0 Å². The van der Waals surface area contributed by atoms with Gasteiger partial charge in [-0.05, 0) is 13.0 Å². The normalized spacial score (nSPS) is 12.9. The van der Waals surface area contributed by atoms with Crippen LogP contribution in [0.25, 0.3) is 0 Å². The molecule has 2 N–H and O–H groups in total. The van der Waals surface area contributed by atoms with Crippen molar-refractivity contribution in [2.75, 3.05) is 18.8 Å². The number of nitrogens with two attached hydrogens (primary N) is 1. The van der Waals surface area contributed by atoms with Crippen molar-refractivity contribution in [3.8, 4) is 6.07 Å². The molecular formula is C12H16N4O4S. The monoisotopic (exact) mass is 312 g/mol. The molecule has 0 spiro atoms. The summed E-state index contributed by atoms with van der Waals surface area (Å²) in [6.07, 6.45) is 0. The number of hydrogen-bond donors (Lipinski definition) is 1. The number of nitro benzene ring substituents is 1. The molecule has 0 saturated heterocycles. The van der Waals surface area contributed by atoms with Gasteiger partial charge in [0, 0.05) is 25.2 Å². The summed E-state index contributed by atoms with van der Waals surface area (Å²) in [6, 6.07) is 5.22. The molecule has 0 saturated carbocycles. The lowest BCUT2D eigenvalue weighted by atomic mass is 10.2. The third-order valence-electron chi connectivity index (χ3n) is 2.88. The predicted octanol–water partition coefficient (Wildman–Crippen LogP) is 1.35. The van der Waals surface area contributed by atoms with Crippen LogP contribution in [0.15, 0.2) is 23.1 Å². The van der Waals surface area contributed by atoms with Crippen LogP contribution >= 0.6 is 0 Å². The van der Waals surface area contributed by atoms with Gasteiger partial charge in [-0.2, -0.15) is 9.57 Å². The summed E-state index contributed by atoms with van der Waals surface area (Å²) >= 11 is 0. The average Bonchev–Trinajstić information content (AvgIpc) is 2.44. The highest BCUT2D eigenvalue weighted by molar-refractivity contribution is 7.89. The quantitative estimate of drug-likeness (QED) is 0.479. The minimum Gasteiger partial charge on any atom is -0.398 e. The van der Waals surface area contributed by atoms with E-state index in [4.69, 9.17) is 11.0 Å². The van der Waals surface area contributed by atoms with Gasteiger partial charge in [0.1, 0.15) is 4.90 Å². The van der Waals surface area contributed by atoms with Crippen molar-refractivity contribution in [3.05, 3.63) is 28.3 Å². The number of hydrogen-bond acceptors (Lipinski definition) is 6. The molecule has 1 rings (SSSR count). The second kappa shape index (κ2) is 6.51. The van der Waals surface area contributed by atoms with Crippen molar-refractivity contribution in [1.29, 1.82) is 5.26 Å². The van der Waals surface area contributed by atoms with Crippen molar-refractivity contribution in [2.45, 2.75) is 18.7 Å². The first kappa shape index (κ1) is 16.9. The molecule has 1 aromatic rings. The fourth-order valence-corrected chi connectivity index (χ4v) is 3.42. The van der Waals surface area contributed by atoms with Gasteiger partial charge in [-0.15, -0.1) is 0 Å². The van der Waals surface area contributed by atoms with Gasteiger partial charge in [-0.1, -0.05) is 6.92 Å². The lowest BCUT2D eigenvalue weighted by Gasteiger charge is -2.22. The Kier molecular flexibility index (Phi) is 5.23. The molecule has 0 aliphatic heterocycles. The zero-order chi connectivity index (χ0) is 16.2. The van der Waals surface area contributed by atoms with Gasteiger partial charge in [-0.25, -0.2) is 8.42 Å². The Hall–Kier alpha value is -2.18. The zero-order valence-electron chi connectivity index (χ0n) is 11.7. The number of sulfonamides is 1. The van der Waals surface area contributed by atoms with Crippen LogP contribution in [0.5, 0.6) is 0 Å². The first-order valence-corrected chi connectivity index (χ1v) is 7.61. The highest BCUT2D eigenvalue weighted by Gasteiger charge is 2.28. The van der Waals surface area contributed by atoms with Crippen LogP contribution in [0, 0.1) is 27.4 Å². The number of anilines is 1. The van der Waals surface area contributed by atoms with E-state index < -0.39 is 20.9 Å². The van der Waals surface area contributed by atoms with Crippen LogP contribution in [-0.2, 0) is 10.0 Å². The molecule has 114 valence electrons. The van der Waals surface area contributed by atoms with Crippen LogP contribution < -0.4 is 5.73 Å². The summed E-state index contributed by atoms with van der Waals surface area (Å²) in [4.78, 5) is 9.76. The van der Waals surface area contributed by atoms with E-state index in [1.807, 2.05) is 6.07 Å². The van der Waals surface area contributed by atoms with Crippen molar-refractivity contribution in [2.24, 2.45) is 5.92 Å². The molecule has 0 aliphatic rings. The van der Waals surface area contributed by atoms with Crippen LogP contribution in [-0.4, -0.2) is 30.7 Å². The Balaban J connectivity index is 3.32. The standard InChI is InChI=1S/C12H16N4O4S/c1-3-15(8-9(2)7-13)21(19,20)12-6-10(16(17)18)4-5-11(12)14/h4-6,9H,3,8,14H2,1-2H3. The minimum absolute atomic E-state index is 0.00251. The minimum atomic E-state index is -3.99. The molecule has 9 heteroatoms. The summed E-state index contributed by atoms with van der Waals surface area (Å²) < 4.78 is 26.1. The van der Waals surface area contributed by atoms with Gasteiger partial charge in [0.2, 0.25) is 10.0 Å². The first-order valence-electron chi connectivity index (χ1n) is 6.17. The topological polar surface area (TPSA) is 130 Å². The Labute approximate surface area is 123 Å². The molecule has 8 nitrogen and oxygen atoms in total. The highest BCUT2D eigenvalue weighted by atomic mass is 32.2. The fraction of sp³-hybridized carbons (Fsp3) is 0.417. The maximum atomic E-state index is 12.5. The first-order chi connectivity index (χ1) is 9.73. The number of nitrogens with zero attached hydrogens (tertiary/aromatic N) is 3. The third kappa shape index (κ3) is 3.68. The third-order valence-corrected chi connectivity index (χ3v) is 4.87. The lowest BCUT2D eigenvalue weighted by Crippen LogP contribution is -2.34. The Morgan fingerprint density at radius 1 is 1.52 bits per heavy atom. The van der Waals surface area contributed by atoms with E-state index in [9.17, 15) is 18.5 Å². The second-order valence-electron chi connectivity index (χ2n) is 4.47. The molecule has 0 amide bonds. The number of benzene rings is 1. The van der Waals surface area contributed by atoms with Crippen LogP contribution in [0.1, 0.15) is 13.8 Å². The predicted molar refractivity (Wildman–Crippen MR) is 76.7 cm³/mol. The van der Waals surface area contributed by atoms with Gasteiger partial charge in [0.15, 0.2) is 0 Å². The van der Waals surface area contributed by atoms with Gasteiger partial charge in [0.05, 0.1) is 22.6 Å². The molecule has 1 aromatic carbocycles. The smallest absolute Gasteiger partial charge is 0.270 e. The summed E-state index contributed by atoms with van der Waals surface area (Å²) in [7, 11) is -3.99. The Morgan fingerprint density at radius 3 is 2.62 bits per heavy atom. The molecule has 21 heavy (non-hydrogen) atoms. The van der Waals surface area contributed by atoms with Crippen molar-refractivity contribution in [1.82, 2.24) is 4.31 Å². The SMILES string of the molecule is CCN(CC(C)C#N)S(=O)(=O)c1cc([N+](=O)[O-])ccc1N. The van der Waals surface area contributed by atoms with Crippen molar-refractivity contribution < 1.29 is 13.3 Å². The maximum Gasteiger partial charge on any atom is 0.270 e. The second-order valence-corrected chi connectivity index (χ2v) is 6.37. The van der Waals surface area contributed by atoms with Crippen molar-refractivity contribution >= 4 is 21.4 Å². The molecule has 0 heterocycles. The van der Waals surface area contributed by atoms with Gasteiger partial charge >= 0.3 is 0 Å². The molecule has 0 fully saturated rings. The molecular weight excluding hydrogens is 296 g/mol. The summed E-state index contributed by atoms with van der Waals surface area (Å²) in [5, 5.41) is 19.6. The van der Waals surface area contributed by atoms with E-state index in [0.717, 1.165) is 16.4 Å². The molecule has 1 atom stereocenters. The number of nitrogen functional groups attached to an aromatic ring is 1. The van der Waals surface area contributed by atoms with E-state index in [0.29, 0.717) is 0 Å². The van der Waals surface area contributed by atoms with E-state index >= 15 is 0 Å². The molecule has 0 bridgehead atoms. The van der Waals surface area contributed by atoms with Gasteiger partial charge in [0.25, 0.3) is 5.69 Å². The van der Waals surface area contributed by atoms with Crippen LogP contribution in [0.4, 0.5) is 11.4 Å². The molecule has 0 aromatic heterocycles. The Morgan fingerprint density at radius 2 is 2.14 bits per heavy atom. The lowest BCUT2D eigenvalue weighted by molar-refractivity contribution is -0.385. The number of rotatable bonds is 6. The summed E-state index contributed by atoms with van der Waals surface area (Å²) in [5.74, 6) is -0.500. The Bertz CT molecular complexity index is 681. The number of nitro groups is 1. The zero-order valence-corrected chi connectivity index (χ0v) is 12.5. The number of nitriles is 1. The molecule has 0 aliphatic carbocycles. The fourth-order valence-electron chi connectivity index (χ4n) is 1.74. The summed E-state index contributed by atoms with van der Waals surface area (Å²) in [6.45, 7) is 3.35. The largest absolute Gasteiger partial charge is 0.398 e. The van der Waals surface area contributed by atoms with Gasteiger partial charge < -0.3 is 5.73 Å². The van der Waals surface area contributed by atoms with Crippen LogP contribution in [0.2, 0.25) is 0 Å².